The van der Waals surface area contributed by atoms with Crippen LogP contribution in [0.1, 0.15) is 22.0 Å². The molecule has 0 fully saturated rings. The van der Waals surface area contributed by atoms with Crippen LogP contribution in [0.3, 0.4) is 0 Å². The molecule has 1 atom stereocenters. The number of carbonyl (C=O) groups is 2. The summed E-state index contributed by atoms with van der Waals surface area (Å²) in [5.41, 5.74) is 1.62. The first-order valence-electron chi connectivity index (χ1n) is 10.9. The average molecular weight is 483 g/mol. The van der Waals surface area contributed by atoms with Crippen LogP contribution in [0.2, 0.25) is 0 Å². The van der Waals surface area contributed by atoms with Gasteiger partial charge in [0.05, 0.1) is 27.2 Å². The lowest BCUT2D eigenvalue weighted by atomic mass is 10.0. The second-order valence-electron chi connectivity index (χ2n) is 7.58. The number of thiophene rings is 1. The Bertz CT molecular complexity index is 1040. The number of amides is 2. The van der Waals surface area contributed by atoms with E-state index in [9.17, 15) is 9.59 Å². The van der Waals surface area contributed by atoms with Crippen molar-refractivity contribution in [2.75, 3.05) is 34.5 Å². The molecular weight excluding hydrogens is 452 g/mol. The van der Waals surface area contributed by atoms with E-state index in [2.05, 4.69) is 5.32 Å². The topological polar surface area (TPSA) is 77.1 Å². The van der Waals surface area contributed by atoms with Gasteiger partial charge in [0.1, 0.15) is 17.5 Å². The molecule has 3 aromatic rings. The van der Waals surface area contributed by atoms with E-state index in [-0.39, 0.29) is 24.8 Å². The van der Waals surface area contributed by atoms with Crippen LogP contribution in [-0.2, 0) is 27.3 Å². The first kappa shape index (κ1) is 25.3. The fourth-order valence-corrected chi connectivity index (χ4v) is 4.24. The number of carbonyl (C=O) groups excluding carboxylic acids is 2. The first-order chi connectivity index (χ1) is 16.5. The molecule has 0 radical (unpaired) electrons. The normalized spacial score (nSPS) is 11.5. The van der Waals surface area contributed by atoms with Gasteiger partial charge in [-0.1, -0.05) is 30.3 Å². The molecular formula is C26H30N2O5S. The van der Waals surface area contributed by atoms with Gasteiger partial charge in [-0.2, -0.15) is 0 Å². The average Bonchev–Trinajstić information content (AvgIpc) is 3.38. The molecule has 2 aromatic carbocycles. The highest BCUT2D eigenvalue weighted by Gasteiger charge is 2.31. The summed E-state index contributed by atoms with van der Waals surface area (Å²) in [5, 5.41) is 4.93. The number of hydrogen-bond acceptors (Lipinski definition) is 6. The Morgan fingerprint density at radius 2 is 1.59 bits per heavy atom. The highest BCUT2D eigenvalue weighted by Crippen LogP contribution is 2.25. The zero-order valence-electron chi connectivity index (χ0n) is 19.7. The second kappa shape index (κ2) is 12.8. The quantitative estimate of drug-likeness (QED) is 0.425. The molecule has 0 spiro atoms. The molecule has 2 amide bonds. The summed E-state index contributed by atoms with van der Waals surface area (Å²) < 4.78 is 15.7. The predicted molar refractivity (Wildman–Crippen MR) is 132 cm³/mol. The van der Waals surface area contributed by atoms with Crippen molar-refractivity contribution in [1.29, 1.82) is 0 Å². The Morgan fingerprint density at radius 3 is 2.15 bits per heavy atom. The van der Waals surface area contributed by atoms with Crippen LogP contribution < -0.4 is 14.8 Å². The van der Waals surface area contributed by atoms with Crippen molar-refractivity contribution in [1.82, 2.24) is 10.2 Å². The Balaban J connectivity index is 1.86. The van der Waals surface area contributed by atoms with E-state index >= 15 is 0 Å². The number of nitrogens with one attached hydrogen (secondary N) is 1. The minimum absolute atomic E-state index is 0.139. The standard InChI is InChI=1S/C26H30N2O5S/c1-31-15-14-28(24(29)17-23-5-4-16-34-23)25(20-8-12-22(33-3)13-9-20)26(30)27-18-19-6-10-21(32-2)11-7-19/h4-13,16,25H,14-15,17-18H2,1-3H3,(H,27,30)/t25-/m0/s1. The Hall–Kier alpha value is -3.36. The van der Waals surface area contributed by atoms with Gasteiger partial charge in [0.2, 0.25) is 11.8 Å². The van der Waals surface area contributed by atoms with Gasteiger partial charge in [-0.25, -0.2) is 0 Å². The number of rotatable bonds is 12. The molecule has 1 aromatic heterocycles. The zero-order chi connectivity index (χ0) is 24.3. The SMILES string of the molecule is COCCN(C(=O)Cc1cccs1)[C@H](C(=O)NCc1ccc(OC)cc1)c1ccc(OC)cc1. The third-order valence-corrected chi connectivity index (χ3v) is 6.26. The number of benzene rings is 2. The summed E-state index contributed by atoms with van der Waals surface area (Å²) >= 11 is 1.52. The maximum Gasteiger partial charge on any atom is 0.247 e. The molecule has 34 heavy (non-hydrogen) atoms. The van der Waals surface area contributed by atoms with Gasteiger partial charge in [0.15, 0.2) is 0 Å². The molecule has 0 unspecified atom stereocenters. The lowest BCUT2D eigenvalue weighted by Gasteiger charge is -2.31. The van der Waals surface area contributed by atoms with E-state index in [4.69, 9.17) is 14.2 Å². The predicted octanol–water partition coefficient (Wildman–Crippen LogP) is 3.84. The van der Waals surface area contributed by atoms with Crippen LogP contribution in [0.4, 0.5) is 0 Å². The van der Waals surface area contributed by atoms with E-state index < -0.39 is 6.04 Å². The number of methoxy groups -OCH3 is 3. The van der Waals surface area contributed by atoms with Crippen LogP contribution in [-0.4, -0.2) is 51.2 Å². The monoisotopic (exact) mass is 482 g/mol. The van der Waals surface area contributed by atoms with Gasteiger partial charge in [-0.05, 0) is 46.8 Å². The van der Waals surface area contributed by atoms with Crippen molar-refractivity contribution in [2.24, 2.45) is 0 Å². The fraction of sp³-hybridized carbons (Fsp3) is 0.308. The van der Waals surface area contributed by atoms with Crippen LogP contribution >= 0.6 is 11.3 Å². The number of hydrogen-bond donors (Lipinski definition) is 1. The van der Waals surface area contributed by atoms with Gasteiger partial charge in [-0.15, -0.1) is 11.3 Å². The molecule has 0 bridgehead atoms. The minimum atomic E-state index is -0.813. The largest absolute Gasteiger partial charge is 0.497 e. The van der Waals surface area contributed by atoms with Gasteiger partial charge in [0, 0.05) is 25.1 Å². The molecule has 8 heteroatoms. The molecule has 0 aliphatic rings. The Morgan fingerprint density at radius 1 is 0.941 bits per heavy atom. The molecule has 1 N–H and O–H groups in total. The van der Waals surface area contributed by atoms with Crippen molar-refractivity contribution in [3.63, 3.8) is 0 Å². The minimum Gasteiger partial charge on any atom is -0.497 e. The van der Waals surface area contributed by atoms with Crippen molar-refractivity contribution in [3.05, 3.63) is 82.0 Å². The summed E-state index contributed by atoms with van der Waals surface area (Å²) in [6.07, 6.45) is 0.222. The van der Waals surface area contributed by atoms with Crippen molar-refractivity contribution in [2.45, 2.75) is 19.0 Å². The van der Waals surface area contributed by atoms with E-state index in [1.165, 1.54) is 11.3 Å². The van der Waals surface area contributed by atoms with E-state index in [0.29, 0.717) is 24.5 Å². The summed E-state index contributed by atoms with van der Waals surface area (Å²) in [5.74, 6) is 1.02. The zero-order valence-corrected chi connectivity index (χ0v) is 20.5. The van der Waals surface area contributed by atoms with E-state index in [1.54, 1.807) is 38.4 Å². The van der Waals surface area contributed by atoms with E-state index in [1.807, 2.05) is 53.9 Å². The lowest BCUT2D eigenvalue weighted by Crippen LogP contribution is -2.45. The number of ether oxygens (including phenoxy) is 3. The summed E-state index contributed by atoms with van der Waals surface area (Å²) in [7, 11) is 4.77. The molecule has 0 saturated heterocycles. The second-order valence-corrected chi connectivity index (χ2v) is 8.61. The maximum absolute atomic E-state index is 13.5. The summed E-state index contributed by atoms with van der Waals surface area (Å²) in [6, 6.07) is 17.7. The third-order valence-electron chi connectivity index (χ3n) is 5.38. The van der Waals surface area contributed by atoms with Crippen LogP contribution in [0.5, 0.6) is 11.5 Å². The molecule has 7 nitrogen and oxygen atoms in total. The highest BCUT2D eigenvalue weighted by atomic mass is 32.1. The van der Waals surface area contributed by atoms with Crippen LogP contribution in [0.15, 0.2) is 66.0 Å². The van der Waals surface area contributed by atoms with E-state index in [0.717, 1.165) is 16.2 Å². The fourth-order valence-electron chi connectivity index (χ4n) is 3.54. The Labute approximate surface area is 204 Å². The molecule has 0 aliphatic heterocycles. The number of nitrogens with zero attached hydrogens (tertiary/aromatic N) is 1. The summed E-state index contributed by atoms with van der Waals surface area (Å²) in [6.45, 7) is 0.925. The maximum atomic E-state index is 13.5. The molecule has 0 saturated carbocycles. The van der Waals surface area contributed by atoms with Crippen molar-refractivity contribution in [3.8, 4) is 11.5 Å². The molecule has 1 heterocycles. The third kappa shape index (κ3) is 6.82. The highest BCUT2D eigenvalue weighted by molar-refractivity contribution is 7.10. The van der Waals surface area contributed by atoms with Gasteiger partial charge in [0.25, 0.3) is 0 Å². The first-order valence-corrected chi connectivity index (χ1v) is 11.8. The van der Waals surface area contributed by atoms with Gasteiger partial charge in [-0.3, -0.25) is 9.59 Å². The van der Waals surface area contributed by atoms with Gasteiger partial charge >= 0.3 is 0 Å². The molecule has 180 valence electrons. The smallest absolute Gasteiger partial charge is 0.247 e. The Kier molecular flexibility index (Phi) is 9.49. The van der Waals surface area contributed by atoms with Gasteiger partial charge < -0.3 is 24.4 Å². The lowest BCUT2D eigenvalue weighted by molar-refractivity contribution is -0.141. The van der Waals surface area contributed by atoms with Crippen LogP contribution in [0, 0.1) is 0 Å². The van der Waals surface area contributed by atoms with Crippen molar-refractivity contribution < 1.29 is 23.8 Å². The van der Waals surface area contributed by atoms with Crippen molar-refractivity contribution >= 4 is 23.2 Å². The summed E-state index contributed by atoms with van der Waals surface area (Å²) in [4.78, 5) is 29.4. The van der Waals surface area contributed by atoms with Crippen LogP contribution in [0.25, 0.3) is 0 Å². The molecule has 0 aliphatic carbocycles. The molecule has 3 rings (SSSR count).